The van der Waals surface area contributed by atoms with Gasteiger partial charge in [-0.1, -0.05) is 42.5 Å². The highest BCUT2D eigenvalue weighted by molar-refractivity contribution is 5.77. The third-order valence-corrected chi connectivity index (χ3v) is 3.13. The van der Waals surface area contributed by atoms with Crippen molar-refractivity contribution in [3.05, 3.63) is 65.7 Å². The second-order valence-corrected chi connectivity index (χ2v) is 4.72. The van der Waals surface area contributed by atoms with Crippen LogP contribution in [0.25, 0.3) is 0 Å². The van der Waals surface area contributed by atoms with E-state index in [0.29, 0.717) is 0 Å². The minimum Gasteiger partial charge on any atom is -0.370 e. The van der Waals surface area contributed by atoms with Crippen LogP contribution < -0.4 is 10.4 Å². The van der Waals surface area contributed by atoms with Gasteiger partial charge in [0, 0.05) is 19.3 Å². The largest absolute Gasteiger partial charge is 0.370 e. The van der Waals surface area contributed by atoms with E-state index in [-0.39, 0.29) is 6.42 Å². The summed E-state index contributed by atoms with van der Waals surface area (Å²) in [6, 6.07) is 18.0. The predicted octanol–water partition coefficient (Wildman–Crippen LogP) is 2.37. The van der Waals surface area contributed by atoms with Crippen LogP contribution in [0.1, 0.15) is 11.1 Å². The number of anilines is 1. The SMILES string of the molecule is CN(Cc1ccccc1)c1ccc(CC(=O)NO)cc1. The van der Waals surface area contributed by atoms with E-state index in [4.69, 9.17) is 5.21 Å². The molecule has 0 fully saturated rings. The van der Waals surface area contributed by atoms with E-state index in [9.17, 15) is 4.79 Å². The summed E-state index contributed by atoms with van der Waals surface area (Å²) in [6.45, 7) is 0.831. The van der Waals surface area contributed by atoms with Crippen LogP contribution in [0.5, 0.6) is 0 Å². The highest BCUT2D eigenvalue weighted by Crippen LogP contribution is 2.16. The predicted molar refractivity (Wildman–Crippen MR) is 78.6 cm³/mol. The standard InChI is InChI=1S/C16H18N2O2/c1-18(12-14-5-3-2-4-6-14)15-9-7-13(8-10-15)11-16(19)17-20/h2-10,20H,11-12H2,1H3,(H,17,19). The zero-order chi connectivity index (χ0) is 14.4. The van der Waals surface area contributed by atoms with Crippen LogP contribution in [0.3, 0.4) is 0 Å². The lowest BCUT2D eigenvalue weighted by Crippen LogP contribution is -2.20. The Morgan fingerprint density at radius 3 is 2.30 bits per heavy atom. The molecule has 0 aliphatic heterocycles. The van der Waals surface area contributed by atoms with Gasteiger partial charge >= 0.3 is 0 Å². The molecule has 1 amide bonds. The van der Waals surface area contributed by atoms with Crippen LogP contribution in [0.4, 0.5) is 5.69 Å². The van der Waals surface area contributed by atoms with E-state index in [0.717, 1.165) is 17.8 Å². The highest BCUT2D eigenvalue weighted by atomic mass is 16.5. The normalized spacial score (nSPS) is 10.1. The van der Waals surface area contributed by atoms with E-state index in [2.05, 4.69) is 17.0 Å². The second kappa shape index (κ2) is 6.73. The van der Waals surface area contributed by atoms with Gasteiger partial charge in [0.2, 0.25) is 5.91 Å². The number of hydrogen-bond acceptors (Lipinski definition) is 3. The van der Waals surface area contributed by atoms with Crippen LogP contribution in [-0.4, -0.2) is 18.2 Å². The fourth-order valence-corrected chi connectivity index (χ4v) is 2.04. The summed E-state index contributed by atoms with van der Waals surface area (Å²) in [4.78, 5) is 13.2. The van der Waals surface area contributed by atoms with Crippen molar-refractivity contribution in [2.75, 3.05) is 11.9 Å². The quantitative estimate of drug-likeness (QED) is 0.648. The molecule has 2 N–H and O–H groups in total. The van der Waals surface area contributed by atoms with Gasteiger partial charge in [-0.3, -0.25) is 10.0 Å². The fourth-order valence-electron chi connectivity index (χ4n) is 2.04. The maximum Gasteiger partial charge on any atom is 0.247 e. The Hall–Kier alpha value is -2.33. The molecule has 0 radical (unpaired) electrons. The molecule has 0 aromatic heterocycles. The number of nitrogens with zero attached hydrogens (tertiary/aromatic N) is 1. The number of hydroxylamine groups is 1. The van der Waals surface area contributed by atoms with Gasteiger partial charge in [0.05, 0.1) is 6.42 Å². The molecule has 0 saturated carbocycles. The Balaban J connectivity index is 2.00. The molecular formula is C16H18N2O2. The lowest BCUT2D eigenvalue weighted by atomic mass is 10.1. The van der Waals surface area contributed by atoms with Gasteiger partial charge in [-0.2, -0.15) is 0 Å². The Labute approximate surface area is 118 Å². The van der Waals surface area contributed by atoms with Crippen molar-refractivity contribution in [1.82, 2.24) is 5.48 Å². The Morgan fingerprint density at radius 1 is 1.05 bits per heavy atom. The zero-order valence-electron chi connectivity index (χ0n) is 11.4. The van der Waals surface area contributed by atoms with E-state index in [1.54, 1.807) is 5.48 Å². The maximum absolute atomic E-state index is 11.1. The van der Waals surface area contributed by atoms with Crippen molar-refractivity contribution in [3.63, 3.8) is 0 Å². The van der Waals surface area contributed by atoms with Crippen LogP contribution in [-0.2, 0) is 17.8 Å². The van der Waals surface area contributed by atoms with Crippen LogP contribution in [0.2, 0.25) is 0 Å². The van der Waals surface area contributed by atoms with Gasteiger partial charge in [-0.15, -0.1) is 0 Å². The number of carbonyl (C=O) groups is 1. The van der Waals surface area contributed by atoms with Crippen molar-refractivity contribution in [2.24, 2.45) is 0 Å². The van der Waals surface area contributed by atoms with Crippen molar-refractivity contribution >= 4 is 11.6 Å². The monoisotopic (exact) mass is 270 g/mol. The number of benzene rings is 2. The first-order chi connectivity index (χ1) is 9.69. The second-order valence-electron chi connectivity index (χ2n) is 4.72. The molecule has 0 atom stereocenters. The molecule has 2 aromatic rings. The van der Waals surface area contributed by atoms with E-state index >= 15 is 0 Å². The molecule has 0 bridgehead atoms. The summed E-state index contributed by atoms with van der Waals surface area (Å²) in [5, 5.41) is 8.50. The van der Waals surface area contributed by atoms with E-state index < -0.39 is 5.91 Å². The van der Waals surface area contributed by atoms with Gasteiger partial charge < -0.3 is 4.90 Å². The third kappa shape index (κ3) is 3.83. The summed E-state index contributed by atoms with van der Waals surface area (Å²) in [7, 11) is 2.03. The minimum atomic E-state index is -0.407. The van der Waals surface area contributed by atoms with Crippen molar-refractivity contribution < 1.29 is 10.0 Å². The molecule has 0 saturated heterocycles. The molecule has 0 unspecified atom stereocenters. The molecule has 20 heavy (non-hydrogen) atoms. The highest BCUT2D eigenvalue weighted by Gasteiger charge is 2.04. The summed E-state index contributed by atoms with van der Waals surface area (Å²) in [5.74, 6) is -0.407. The molecule has 4 heteroatoms. The van der Waals surface area contributed by atoms with Crippen LogP contribution in [0.15, 0.2) is 54.6 Å². The van der Waals surface area contributed by atoms with Gasteiger partial charge in [-0.25, -0.2) is 5.48 Å². The summed E-state index contributed by atoms with van der Waals surface area (Å²) < 4.78 is 0. The van der Waals surface area contributed by atoms with Gasteiger partial charge in [0.15, 0.2) is 0 Å². The molecule has 2 aromatic carbocycles. The smallest absolute Gasteiger partial charge is 0.247 e. The summed E-state index contributed by atoms with van der Waals surface area (Å²) in [5.41, 5.74) is 4.84. The summed E-state index contributed by atoms with van der Waals surface area (Å²) >= 11 is 0. The van der Waals surface area contributed by atoms with Crippen molar-refractivity contribution in [1.29, 1.82) is 0 Å². The average molecular weight is 270 g/mol. The molecule has 0 heterocycles. The third-order valence-electron chi connectivity index (χ3n) is 3.13. The van der Waals surface area contributed by atoms with Gasteiger partial charge in [0.1, 0.15) is 0 Å². The van der Waals surface area contributed by atoms with E-state index in [1.165, 1.54) is 5.56 Å². The molecule has 2 rings (SSSR count). The number of nitrogens with one attached hydrogen (secondary N) is 1. The van der Waals surface area contributed by atoms with Gasteiger partial charge in [0.25, 0.3) is 0 Å². The van der Waals surface area contributed by atoms with Gasteiger partial charge in [-0.05, 0) is 23.3 Å². The molecule has 4 nitrogen and oxygen atoms in total. The average Bonchev–Trinajstić information content (AvgIpc) is 2.49. The first-order valence-electron chi connectivity index (χ1n) is 6.46. The molecule has 0 aliphatic carbocycles. The Morgan fingerprint density at radius 2 is 1.70 bits per heavy atom. The fraction of sp³-hybridized carbons (Fsp3) is 0.188. The van der Waals surface area contributed by atoms with Crippen molar-refractivity contribution in [2.45, 2.75) is 13.0 Å². The first-order valence-corrected chi connectivity index (χ1v) is 6.46. The number of hydrogen-bond donors (Lipinski definition) is 2. The van der Waals surface area contributed by atoms with E-state index in [1.807, 2.05) is 49.5 Å². The summed E-state index contributed by atoms with van der Waals surface area (Å²) in [6.07, 6.45) is 0.180. The topological polar surface area (TPSA) is 52.6 Å². The first kappa shape index (κ1) is 14.1. The van der Waals surface area contributed by atoms with Crippen LogP contribution in [0, 0.1) is 0 Å². The zero-order valence-corrected chi connectivity index (χ0v) is 11.4. The van der Waals surface area contributed by atoms with Crippen molar-refractivity contribution in [3.8, 4) is 0 Å². The molecule has 0 spiro atoms. The molecule has 104 valence electrons. The Kier molecular flexibility index (Phi) is 4.74. The number of amides is 1. The number of rotatable bonds is 5. The molecule has 0 aliphatic rings. The lowest BCUT2D eigenvalue weighted by Gasteiger charge is -2.19. The molecular weight excluding hydrogens is 252 g/mol. The number of carbonyl (C=O) groups excluding carboxylic acids is 1. The maximum atomic E-state index is 11.1. The Bertz CT molecular complexity index is 552. The lowest BCUT2D eigenvalue weighted by molar-refractivity contribution is -0.128. The minimum absolute atomic E-state index is 0.180. The van der Waals surface area contributed by atoms with Crippen LogP contribution >= 0.6 is 0 Å².